The van der Waals surface area contributed by atoms with E-state index < -0.39 is 41.6 Å². The number of hydrogen-bond donors (Lipinski definition) is 1. The van der Waals surface area contributed by atoms with Gasteiger partial charge in [-0.2, -0.15) is 0 Å². The third-order valence-electron chi connectivity index (χ3n) is 5.40. The van der Waals surface area contributed by atoms with E-state index in [1.165, 1.54) is 11.8 Å². The molecule has 11 heteroatoms. The zero-order valence-corrected chi connectivity index (χ0v) is 25.0. The number of rotatable bonds is 6. The number of esters is 2. The Balaban J connectivity index is 0.000000869. The van der Waals surface area contributed by atoms with E-state index in [0.717, 1.165) is 23.1 Å². The summed E-state index contributed by atoms with van der Waals surface area (Å²) >= 11 is 0. The topological polar surface area (TPSA) is 132 Å². The van der Waals surface area contributed by atoms with Gasteiger partial charge in [-0.05, 0) is 52.7 Å². The first-order chi connectivity index (χ1) is 18.4. The molecule has 1 N–H and O–H groups in total. The molecule has 3 amide bonds. The molecule has 0 spiro atoms. The summed E-state index contributed by atoms with van der Waals surface area (Å²) in [6, 6.07) is 4.87. The number of amides is 3. The van der Waals surface area contributed by atoms with Crippen molar-refractivity contribution in [3.8, 4) is 0 Å². The van der Waals surface area contributed by atoms with Crippen LogP contribution in [0, 0.1) is 0 Å². The highest BCUT2D eigenvalue weighted by Gasteiger charge is 2.44. The molecule has 1 aliphatic rings. The summed E-state index contributed by atoms with van der Waals surface area (Å²) in [6.45, 7) is 16.2. The number of piperazine rings is 1. The van der Waals surface area contributed by atoms with Crippen LogP contribution in [0.3, 0.4) is 0 Å². The molecule has 0 aliphatic carbocycles. The van der Waals surface area contributed by atoms with Crippen molar-refractivity contribution in [2.75, 3.05) is 27.2 Å². The van der Waals surface area contributed by atoms with E-state index in [2.05, 4.69) is 11.9 Å². The third-order valence-corrected chi connectivity index (χ3v) is 5.40. The number of carbonyl (C=O) groups is 5. The molecule has 40 heavy (non-hydrogen) atoms. The number of ether oxygens (including phenoxy) is 3. The lowest BCUT2D eigenvalue weighted by Gasteiger charge is -2.39. The van der Waals surface area contributed by atoms with Crippen molar-refractivity contribution in [2.45, 2.75) is 78.2 Å². The van der Waals surface area contributed by atoms with Crippen LogP contribution in [0.4, 0.5) is 4.79 Å². The van der Waals surface area contributed by atoms with E-state index in [9.17, 15) is 24.0 Å². The Morgan fingerprint density at radius 3 is 2.00 bits per heavy atom. The molecule has 0 radical (unpaired) electrons. The van der Waals surface area contributed by atoms with Gasteiger partial charge in [0, 0.05) is 33.5 Å². The molecular weight excluding hydrogens is 518 g/mol. The summed E-state index contributed by atoms with van der Waals surface area (Å²) in [5, 5.41) is 2.60. The van der Waals surface area contributed by atoms with Crippen LogP contribution in [0.15, 0.2) is 30.8 Å². The fourth-order valence-electron chi connectivity index (χ4n) is 3.72. The monoisotopic (exact) mass is 561 g/mol. The van der Waals surface area contributed by atoms with E-state index in [-0.39, 0.29) is 31.1 Å². The highest BCUT2D eigenvalue weighted by Crippen LogP contribution is 2.17. The molecule has 1 heterocycles. The van der Waals surface area contributed by atoms with Crippen molar-refractivity contribution in [3.63, 3.8) is 0 Å². The SMILES string of the molecule is C=Cc1ccc(CC(NC(=O)OC(C)(C)C)C(=O)N2CCN(C)C(=O)[C@H]2C(=O)OC)cc1.CC(=O)OC(C)(C)C. The number of nitrogens with one attached hydrogen (secondary N) is 1. The Bertz CT molecular complexity index is 1070. The summed E-state index contributed by atoms with van der Waals surface area (Å²) in [6.07, 6.45) is 1.07. The van der Waals surface area contributed by atoms with Crippen LogP contribution in [0.1, 0.15) is 59.6 Å². The van der Waals surface area contributed by atoms with Crippen molar-refractivity contribution >= 4 is 35.9 Å². The molecule has 1 aromatic rings. The van der Waals surface area contributed by atoms with Crippen LogP contribution >= 0.6 is 0 Å². The molecular formula is C29H43N3O8. The number of nitrogens with zero attached hydrogens (tertiary/aromatic N) is 2. The minimum atomic E-state index is -1.41. The van der Waals surface area contributed by atoms with Crippen LogP contribution in [0.25, 0.3) is 6.08 Å². The minimum absolute atomic E-state index is 0.128. The van der Waals surface area contributed by atoms with Gasteiger partial charge in [0.05, 0.1) is 7.11 Å². The van der Waals surface area contributed by atoms with E-state index in [1.54, 1.807) is 33.9 Å². The maximum atomic E-state index is 13.5. The lowest BCUT2D eigenvalue weighted by atomic mass is 10.0. The number of alkyl carbamates (subject to hydrolysis) is 1. The van der Waals surface area contributed by atoms with E-state index in [4.69, 9.17) is 14.2 Å². The molecule has 0 saturated carbocycles. The summed E-state index contributed by atoms with van der Waals surface area (Å²) in [7, 11) is 2.71. The minimum Gasteiger partial charge on any atom is -0.467 e. The molecule has 1 saturated heterocycles. The molecule has 2 atom stereocenters. The molecule has 1 aliphatic heterocycles. The number of likely N-dealkylation sites (N-methyl/N-ethyl adjacent to an activating group) is 1. The maximum absolute atomic E-state index is 13.5. The number of hydrogen-bond acceptors (Lipinski definition) is 8. The van der Waals surface area contributed by atoms with Gasteiger partial charge in [0.25, 0.3) is 5.91 Å². The predicted molar refractivity (Wildman–Crippen MR) is 150 cm³/mol. The molecule has 2 rings (SSSR count). The van der Waals surface area contributed by atoms with E-state index in [0.29, 0.717) is 0 Å². The Morgan fingerprint density at radius 2 is 1.57 bits per heavy atom. The van der Waals surface area contributed by atoms with Crippen LogP contribution in [-0.4, -0.2) is 90.2 Å². The van der Waals surface area contributed by atoms with E-state index >= 15 is 0 Å². The van der Waals surface area contributed by atoms with Gasteiger partial charge >= 0.3 is 18.0 Å². The second-order valence-corrected chi connectivity index (χ2v) is 11.3. The second kappa shape index (κ2) is 14.5. The molecule has 1 fully saturated rings. The highest BCUT2D eigenvalue weighted by atomic mass is 16.6. The molecule has 222 valence electrons. The van der Waals surface area contributed by atoms with Crippen LogP contribution in [0.5, 0.6) is 0 Å². The largest absolute Gasteiger partial charge is 0.467 e. The Labute approximate surface area is 236 Å². The Hall–Kier alpha value is -3.89. The van der Waals surface area contributed by atoms with E-state index in [1.807, 2.05) is 45.0 Å². The first-order valence-electron chi connectivity index (χ1n) is 12.9. The van der Waals surface area contributed by atoms with Crippen LogP contribution < -0.4 is 5.32 Å². The zero-order valence-electron chi connectivity index (χ0n) is 25.0. The smallest absolute Gasteiger partial charge is 0.408 e. The van der Waals surface area contributed by atoms with Gasteiger partial charge in [0.1, 0.15) is 17.2 Å². The quantitative estimate of drug-likeness (QED) is 0.319. The predicted octanol–water partition coefficient (Wildman–Crippen LogP) is 2.96. The highest BCUT2D eigenvalue weighted by molar-refractivity contribution is 6.06. The molecule has 0 aromatic heterocycles. The van der Waals surface area contributed by atoms with Crippen molar-refractivity contribution in [1.82, 2.24) is 15.1 Å². The summed E-state index contributed by atoms with van der Waals surface area (Å²) in [4.78, 5) is 63.6. The van der Waals surface area contributed by atoms with Crippen molar-refractivity contribution in [1.29, 1.82) is 0 Å². The van der Waals surface area contributed by atoms with Crippen LogP contribution in [0.2, 0.25) is 0 Å². The molecule has 11 nitrogen and oxygen atoms in total. The van der Waals surface area contributed by atoms with Gasteiger partial charge in [-0.1, -0.05) is 36.9 Å². The normalized spacial score (nSPS) is 16.1. The standard InChI is InChI=1S/C23H31N3O6.C6H12O2/c1-7-15-8-10-16(11-9-15)14-17(24-22(30)32-23(2,3)4)19(27)26-13-12-25(5)20(28)18(26)21(29)31-6;1-5(7)8-6(2,3)4/h7-11,17-18H,1,12-14H2,2-6H3,(H,24,30);1-4H3/t17?,18-;/m0./s1. The molecule has 1 unspecified atom stereocenters. The van der Waals surface area contributed by atoms with Gasteiger partial charge in [-0.3, -0.25) is 14.4 Å². The lowest BCUT2D eigenvalue weighted by Crippen LogP contribution is -2.64. The average molecular weight is 562 g/mol. The maximum Gasteiger partial charge on any atom is 0.408 e. The van der Waals surface area contributed by atoms with Crippen molar-refractivity contribution < 1.29 is 38.2 Å². The average Bonchev–Trinajstić information content (AvgIpc) is 2.82. The van der Waals surface area contributed by atoms with Crippen molar-refractivity contribution in [3.05, 3.63) is 42.0 Å². The summed E-state index contributed by atoms with van der Waals surface area (Å²) in [5.74, 6) is -2.16. The third kappa shape index (κ3) is 11.5. The van der Waals surface area contributed by atoms with Gasteiger partial charge in [0.15, 0.2) is 0 Å². The number of methoxy groups -OCH3 is 1. The molecule has 1 aromatic carbocycles. The number of carbonyl (C=O) groups excluding carboxylic acids is 5. The van der Waals surface area contributed by atoms with Gasteiger partial charge in [-0.25, -0.2) is 9.59 Å². The van der Waals surface area contributed by atoms with Gasteiger partial charge < -0.3 is 29.3 Å². The fourth-order valence-corrected chi connectivity index (χ4v) is 3.72. The first kappa shape index (κ1) is 34.1. The Kier molecular flexibility index (Phi) is 12.4. The number of benzene rings is 1. The van der Waals surface area contributed by atoms with Gasteiger partial charge in [0.2, 0.25) is 11.9 Å². The lowest BCUT2D eigenvalue weighted by molar-refractivity contribution is -0.164. The second-order valence-electron chi connectivity index (χ2n) is 11.3. The van der Waals surface area contributed by atoms with Gasteiger partial charge in [-0.15, -0.1) is 0 Å². The summed E-state index contributed by atoms with van der Waals surface area (Å²) in [5.41, 5.74) is 0.597. The van der Waals surface area contributed by atoms with Crippen molar-refractivity contribution in [2.24, 2.45) is 0 Å². The Morgan fingerprint density at radius 1 is 1.02 bits per heavy atom. The van der Waals surface area contributed by atoms with Crippen LogP contribution in [-0.2, 0) is 39.8 Å². The fraction of sp³-hybridized carbons (Fsp3) is 0.552. The summed E-state index contributed by atoms with van der Waals surface area (Å²) < 4.78 is 14.9. The molecule has 0 bridgehead atoms. The zero-order chi connectivity index (χ0) is 30.8. The first-order valence-corrected chi connectivity index (χ1v) is 12.9.